The molecule has 2 aliphatic heterocycles. The standard InChI is InChI=1S/C9H18N4/c1-11-9(10)12-7-4-6-13-5-2-3-8(7)13/h7-8H,2-6H2,1H3,(H3,10,11,12). The molecule has 0 radical (unpaired) electrons. The molecule has 2 saturated heterocycles. The van der Waals surface area contributed by atoms with Gasteiger partial charge in [0.1, 0.15) is 0 Å². The van der Waals surface area contributed by atoms with Crippen molar-refractivity contribution in [3.05, 3.63) is 0 Å². The van der Waals surface area contributed by atoms with Crippen LogP contribution >= 0.6 is 0 Å². The second-order valence-corrected chi connectivity index (χ2v) is 3.89. The number of hydrogen-bond acceptors (Lipinski definition) is 2. The van der Waals surface area contributed by atoms with Crippen molar-refractivity contribution in [3.63, 3.8) is 0 Å². The number of nitrogens with one attached hydrogen (secondary N) is 1. The van der Waals surface area contributed by atoms with Gasteiger partial charge in [-0.1, -0.05) is 0 Å². The summed E-state index contributed by atoms with van der Waals surface area (Å²) in [5.74, 6) is 0.582. The fraction of sp³-hybridized carbons (Fsp3) is 0.889. The van der Waals surface area contributed by atoms with Crippen LogP contribution in [0.1, 0.15) is 19.3 Å². The van der Waals surface area contributed by atoms with Gasteiger partial charge in [-0.05, 0) is 25.8 Å². The van der Waals surface area contributed by atoms with Crippen molar-refractivity contribution in [2.24, 2.45) is 10.7 Å². The van der Waals surface area contributed by atoms with Gasteiger partial charge in [0.2, 0.25) is 0 Å². The van der Waals surface area contributed by atoms with Crippen LogP contribution in [0, 0.1) is 0 Å². The predicted molar refractivity (Wildman–Crippen MR) is 53.7 cm³/mol. The van der Waals surface area contributed by atoms with Crippen LogP contribution in [0.3, 0.4) is 0 Å². The molecule has 0 aromatic heterocycles. The highest BCUT2D eigenvalue weighted by Crippen LogP contribution is 2.27. The molecule has 2 fully saturated rings. The Balaban J connectivity index is 1.93. The Kier molecular flexibility index (Phi) is 2.40. The highest BCUT2D eigenvalue weighted by Gasteiger charge is 2.37. The molecular formula is C9H18N4. The second-order valence-electron chi connectivity index (χ2n) is 3.89. The summed E-state index contributed by atoms with van der Waals surface area (Å²) in [6.45, 7) is 2.49. The number of nitrogens with two attached hydrogens (primary N) is 1. The number of guanidine groups is 1. The quantitative estimate of drug-likeness (QED) is 0.434. The molecule has 0 aromatic rings. The van der Waals surface area contributed by atoms with Crippen molar-refractivity contribution >= 4 is 5.96 Å². The van der Waals surface area contributed by atoms with E-state index in [1.807, 2.05) is 0 Å². The number of hydrogen-bond donors (Lipinski definition) is 2. The molecule has 0 bridgehead atoms. The van der Waals surface area contributed by atoms with Crippen molar-refractivity contribution in [1.29, 1.82) is 0 Å². The van der Waals surface area contributed by atoms with Gasteiger partial charge >= 0.3 is 0 Å². The molecule has 2 heterocycles. The Morgan fingerprint density at radius 3 is 3.08 bits per heavy atom. The lowest BCUT2D eigenvalue weighted by molar-refractivity contribution is 0.308. The van der Waals surface area contributed by atoms with Crippen LogP contribution in [0.15, 0.2) is 4.99 Å². The monoisotopic (exact) mass is 182 g/mol. The summed E-state index contributed by atoms with van der Waals surface area (Å²) in [4.78, 5) is 6.49. The van der Waals surface area contributed by atoms with Gasteiger partial charge in [-0.3, -0.25) is 9.89 Å². The van der Waals surface area contributed by atoms with E-state index in [-0.39, 0.29) is 0 Å². The molecule has 4 nitrogen and oxygen atoms in total. The first-order chi connectivity index (χ1) is 6.31. The van der Waals surface area contributed by atoms with E-state index in [1.165, 1.54) is 32.4 Å². The Labute approximate surface area is 79.2 Å². The first kappa shape index (κ1) is 8.81. The second kappa shape index (κ2) is 3.54. The first-order valence-electron chi connectivity index (χ1n) is 5.04. The van der Waals surface area contributed by atoms with E-state index in [4.69, 9.17) is 5.73 Å². The maximum atomic E-state index is 5.66. The molecule has 2 atom stereocenters. The molecule has 2 unspecified atom stereocenters. The summed E-state index contributed by atoms with van der Waals surface area (Å²) < 4.78 is 0. The van der Waals surface area contributed by atoms with Crippen LogP contribution in [0.5, 0.6) is 0 Å². The zero-order chi connectivity index (χ0) is 9.26. The van der Waals surface area contributed by atoms with Gasteiger partial charge in [0.25, 0.3) is 0 Å². The minimum absolute atomic E-state index is 0.534. The van der Waals surface area contributed by atoms with E-state index in [1.54, 1.807) is 7.05 Å². The minimum Gasteiger partial charge on any atom is -0.370 e. The lowest BCUT2D eigenvalue weighted by Crippen LogP contribution is -2.45. The van der Waals surface area contributed by atoms with E-state index >= 15 is 0 Å². The molecule has 0 spiro atoms. The summed E-state index contributed by atoms with van der Waals surface area (Å²) in [5.41, 5.74) is 5.66. The fourth-order valence-electron chi connectivity index (χ4n) is 2.51. The Hall–Kier alpha value is -0.770. The summed E-state index contributed by atoms with van der Waals surface area (Å²) in [5, 5.41) is 3.29. The number of rotatable bonds is 1. The van der Waals surface area contributed by atoms with Crippen LogP contribution in [-0.2, 0) is 0 Å². The van der Waals surface area contributed by atoms with Gasteiger partial charge in [0.15, 0.2) is 5.96 Å². The molecular weight excluding hydrogens is 164 g/mol. The molecule has 2 aliphatic rings. The molecule has 2 rings (SSSR count). The maximum Gasteiger partial charge on any atom is 0.188 e. The van der Waals surface area contributed by atoms with E-state index in [0.29, 0.717) is 18.0 Å². The van der Waals surface area contributed by atoms with E-state index in [9.17, 15) is 0 Å². The van der Waals surface area contributed by atoms with Gasteiger partial charge in [-0.2, -0.15) is 0 Å². The summed E-state index contributed by atoms with van der Waals surface area (Å²) in [6.07, 6.45) is 3.86. The van der Waals surface area contributed by atoms with Gasteiger partial charge < -0.3 is 11.1 Å². The Morgan fingerprint density at radius 1 is 1.46 bits per heavy atom. The molecule has 4 heteroatoms. The lowest BCUT2D eigenvalue weighted by Gasteiger charge is -2.21. The van der Waals surface area contributed by atoms with Crippen molar-refractivity contribution in [1.82, 2.24) is 10.2 Å². The van der Waals surface area contributed by atoms with Crippen molar-refractivity contribution in [2.75, 3.05) is 20.1 Å². The van der Waals surface area contributed by atoms with Crippen molar-refractivity contribution < 1.29 is 0 Å². The van der Waals surface area contributed by atoms with E-state index in [0.717, 1.165) is 0 Å². The normalized spacial score (nSPS) is 35.0. The predicted octanol–water partition coefficient (Wildman–Crippen LogP) is -0.243. The van der Waals surface area contributed by atoms with Crippen LogP contribution in [-0.4, -0.2) is 43.1 Å². The van der Waals surface area contributed by atoms with Gasteiger partial charge in [0.05, 0.1) is 0 Å². The lowest BCUT2D eigenvalue weighted by atomic mass is 10.1. The molecule has 0 amide bonds. The van der Waals surface area contributed by atoms with Crippen LogP contribution in [0.2, 0.25) is 0 Å². The zero-order valence-electron chi connectivity index (χ0n) is 8.16. The molecule has 74 valence electrons. The molecule has 13 heavy (non-hydrogen) atoms. The molecule has 0 aromatic carbocycles. The maximum absolute atomic E-state index is 5.66. The number of aliphatic imine (C=N–C) groups is 1. The third-order valence-corrected chi connectivity index (χ3v) is 3.18. The third kappa shape index (κ3) is 1.63. The van der Waals surface area contributed by atoms with Crippen molar-refractivity contribution in [2.45, 2.75) is 31.3 Å². The largest absolute Gasteiger partial charge is 0.370 e. The molecule has 0 saturated carbocycles. The molecule has 3 N–H and O–H groups in total. The number of nitrogens with zero attached hydrogens (tertiary/aromatic N) is 2. The van der Waals surface area contributed by atoms with Gasteiger partial charge in [-0.25, -0.2) is 0 Å². The van der Waals surface area contributed by atoms with Crippen LogP contribution in [0.4, 0.5) is 0 Å². The Bertz CT molecular complexity index is 214. The minimum atomic E-state index is 0.534. The highest BCUT2D eigenvalue weighted by molar-refractivity contribution is 5.78. The van der Waals surface area contributed by atoms with E-state index in [2.05, 4.69) is 15.2 Å². The van der Waals surface area contributed by atoms with Crippen molar-refractivity contribution in [3.8, 4) is 0 Å². The average molecular weight is 182 g/mol. The summed E-state index contributed by atoms with van der Waals surface area (Å²) in [6, 6.07) is 1.24. The number of fused-ring (bicyclic) bond motifs is 1. The van der Waals surface area contributed by atoms with E-state index < -0.39 is 0 Å². The highest BCUT2D eigenvalue weighted by atomic mass is 15.3. The summed E-state index contributed by atoms with van der Waals surface area (Å²) in [7, 11) is 1.73. The van der Waals surface area contributed by atoms with Gasteiger partial charge in [0, 0.05) is 25.7 Å². The smallest absolute Gasteiger partial charge is 0.188 e. The van der Waals surface area contributed by atoms with Crippen LogP contribution < -0.4 is 11.1 Å². The fourth-order valence-corrected chi connectivity index (χ4v) is 2.51. The SMILES string of the molecule is CN=C(N)NC1CCN2CCCC12. The average Bonchev–Trinajstić information content (AvgIpc) is 2.69. The zero-order valence-corrected chi connectivity index (χ0v) is 8.16. The van der Waals surface area contributed by atoms with Gasteiger partial charge in [-0.15, -0.1) is 0 Å². The Morgan fingerprint density at radius 2 is 2.31 bits per heavy atom. The topological polar surface area (TPSA) is 53.6 Å². The summed E-state index contributed by atoms with van der Waals surface area (Å²) >= 11 is 0. The van der Waals surface area contributed by atoms with Crippen LogP contribution in [0.25, 0.3) is 0 Å². The third-order valence-electron chi connectivity index (χ3n) is 3.18. The first-order valence-corrected chi connectivity index (χ1v) is 5.04. The molecule has 0 aliphatic carbocycles.